The number of hydrogen-bond donors (Lipinski definition) is 0. The Balaban J connectivity index is -0.00000147. The molecule has 9 heteroatoms. The minimum Gasteiger partial charge on any atom is 0 e. The Hall–Kier alpha value is -2.56. The van der Waals surface area contributed by atoms with E-state index in [1.807, 2.05) is 0 Å². The smallest absolute Gasteiger partial charge is 0 e. The molecule has 1 aromatic heterocycles. The SMILES string of the molecule is CC(C)c1cccc(C(C)C)c1-n1cc[n+](-c2c(C(C)C)cccc2C(C)C)c1C(=S)[S-].[C-]#[O+].[C-]#[O+].[C-]#[O+].[C-]#[O+].[Mn]. The largest absolute Gasteiger partial charge is 0 e. The van der Waals surface area contributed by atoms with Crippen LogP contribution in [0.15, 0.2) is 48.8 Å². The van der Waals surface area contributed by atoms with Gasteiger partial charge in [-0.25, -0.2) is 0 Å². The molecule has 0 aliphatic heterocycles. The summed E-state index contributed by atoms with van der Waals surface area (Å²) in [5.41, 5.74) is 7.68. The van der Waals surface area contributed by atoms with Gasteiger partial charge >= 0.3 is 45.2 Å². The molecule has 0 bridgehead atoms. The minimum atomic E-state index is 0. The Labute approximate surface area is 266 Å². The standard InChI is InChI=1S/C28H36N2S2.4CO.Mn/c1-17(2)21-11-9-12-22(18(3)4)25(21)29-15-16-30(27(29)28(31)32)26-23(19(5)6)13-10-14-24(26)20(7)8;4*1-2;/h9-20H,1-8H3;;;;;. The Kier molecular flexibility index (Phi) is 23.1. The third-order valence-electron chi connectivity index (χ3n) is 6.17. The molecule has 0 spiro atoms. The van der Waals surface area contributed by atoms with E-state index in [0.29, 0.717) is 27.9 Å². The third kappa shape index (κ3) is 10.7. The summed E-state index contributed by atoms with van der Waals surface area (Å²) in [6, 6.07) is 13.3. The Morgan fingerprint density at radius 2 is 1.00 bits per heavy atom. The van der Waals surface area contributed by atoms with Gasteiger partial charge in [-0.1, -0.05) is 91.8 Å². The molecule has 0 saturated carbocycles. The van der Waals surface area contributed by atoms with Crippen LogP contribution in [0.5, 0.6) is 0 Å². The fourth-order valence-electron chi connectivity index (χ4n) is 4.53. The van der Waals surface area contributed by atoms with Crippen LogP contribution in [-0.4, -0.2) is 8.76 Å². The first-order chi connectivity index (χ1) is 19.1. The van der Waals surface area contributed by atoms with Crippen molar-refractivity contribution in [1.82, 2.24) is 4.57 Å². The van der Waals surface area contributed by atoms with Crippen LogP contribution < -0.4 is 4.57 Å². The third-order valence-corrected chi connectivity index (χ3v) is 6.54. The molecule has 0 fully saturated rings. The van der Waals surface area contributed by atoms with E-state index in [9.17, 15) is 0 Å². The van der Waals surface area contributed by atoms with Crippen LogP contribution in [0.25, 0.3) is 11.4 Å². The summed E-state index contributed by atoms with van der Waals surface area (Å²) in [4.78, 5) is 0. The van der Waals surface area contributed by atoms with Gasteiger partial charge in [0, 0.05) is 39.3 Å². The van der Waals surface area contributed by atoms with Gasteiger partial charge in [0.1, 0.15) is 23.8 Å². The van der Waals surface area contributed by atoms with Crippen LogP contribution in [0, 0.1) is 26.6 Å². The molecule has 0 saturated heterocycles. The average Bonchev–Trinajstić information content (AvgIpc) is 3.41. The molecule has 41 heavy (non-hydrogen) atoms. The van der Waals surface area contributed by atoms with E-state index in [0.717, 1.165) is 5.82 Å². The van der Waals surface area contributed by atoms with E-state index < -0.39 is 0 Å². The van der Waals surface area contributed by atoms with Crippen LogP contribution >= 0.6 is 12.2 Å². The van der Waals surface area contributed by atoms with Crippen molar-refractivity contribution in [2.45, 2.75) is 79.1 Å². The van der Waals surface area contributed by atoms with Crippen molar-refractivity contribution in [3.05, 3.63) is 103 Å². The molecule has 0 atom stereocenters. The summed E-state index contributed by atoms with van der Waals surface area (Å²) in [6.07, 6.45) is 4.28. The molecule has 0 amide bonds. The number of benzene rings is 2. The normalized spacial score (nSPS) is 9.46. The summed E-state index contributed by atoms with van der Waals surface area (Å²) < 4.78 is 35.0. The Morgan fingerprint density at radius 1 is 0.683 bits per heavy atom. The van der Waals surface area contributed by atoms with Gasteiger partial charge < -0.3 is 24.8 Å². The second-order valence-electron chi connectivity index (χ2n) is 9.84. The summed E-state index contributed by atoms with van der Waals surface area (Å²) in [7, 11) is 0. The zero-order valence-corrected chi connectivity index (χ0v) is 27.5. The van der Waals surface area contributed by atoms with E-state index in [1.54, 1.807) is 0 Å². The van der Waals surface area contributed by atoms with Gasteiger partial charge in [0.15, 0.2) is 0 Å². The molecule has 1 radical (unpaired) electrons. The van der Waals surface area contributed by atoms with Crippen molar-refractivity contribution < 1.29 is 40.2 Å². The molecule has 3 aromatic rings. The number of aromatic nitrogens is 2. The minimum absolute atomic E-state index is 0. The van der Waals surface area contributed by atoms with Crippen LogP contribution in [0.2, 0.25) is 0 Å². The summed E-state index contributed by atoms with van der Waals surface area (Å²) in [6.45, 7) is 36.0. The van der Waals surface area contributed by atoms with Crippen molar-refractivity contribution in [3.63, 3.8) is 0 Å². The first-order valence-electron chi connectivity index (χ1n) is 12.5. The molecule has 2 aromatic carbocycles. The van der Waals surface area contributed by atoms with Crippen LogP contribution in [-0.2, 0) is 48.3 Å². The average molecular weight is 632 g/mol. The fourth-order valence-corrected chi connectivity index (χ4v) is 4.92. The van der Waals surface area contributed by atoms with Gasteiger partial charge in [0.05, 0.1) is 0 Å². The number of hydrogen-bond acceptors (Lipinski definition) is 2. The van der Waals surface area contributed by atoms with Crippen molar-refractivity contribution >= 4 is 29.0 Å². The van der Waals surface area contributed by atoms with E-state index in [2.05, 4.69) is 140 Å². The van der Waals surface area contributed by atoms with Gasteiger partial charge in [0.2, 0.25) is 0 Å². The number of imidazole rings is 1. The van der Waals surface area contributed by atoms with Crippen molar-refractivity contribution in [2.24, 2.45) is 0 Å². The molecule has 6 nitrogen and oxygen atoms in total. The maximum atomic E-state index is 7.50. The molecule has 1 heterocycles. The van der Waals surface area contributed by atoms with E-state index >= 15 is 0 Å². The zero-order valence-electron chi connectivity index (χ0n) is 24.7. The predicted molar refractivity (Wildman–Crippen MR) is 158 cm³/mol. The van der Waals surface area contributed by atoms with Crippen LogP contribution in [0.1, 0.15) is 107 Å². The first-order valence-corrected chi connectivity index (χ1v) is 13.3. The molecule has 0 aliphatic carbocycles. The summed E-state index contributed by atoms with van der Waals surface area (Å²) >= 11 is 11.4. The van der Waals surface area contributed by atoms with Crippen LogP contribution in [0.3, 0.4) is 0 Å². The van der Waals surface area contributed by atoms with Gasteiger partial charge in [-0.15, -0.1) is 0 Å². The molecule has 217 valence electrons. The molecule has 3 rings (SSSR count). The Bertz CT molecular complexity index is 1160. The monoisotopic (exact) mass is 631 g/mol. The van der Waals surface area contributed by atoms with Gasteiger partial charge in [-0.2, -0.15) is 9.13 Å². The second kappa shape index (κ2) is 22.1. The molecule has 0 aliphatic rings. The van der Waals surface area contributed by atoms with Crippen molar-refractivity contribution in [3.8, 4) is 11.4 Å². The van der Waals surface area contributed by atoms with Gasteiger partial charge in [-0.05, 0) is 27.9 Å². The number of nitrogens with zero attached hydrogens (tertiary/aromatic N) is 2. The van der Waals surface area contributed by atoms with E-state index in [1.165, 1.54) is 33.6 Å². The molecular formula is C32H36MnN2O4S2. The summed E-state index contributed by atoms with van der Waals surface area (Å²) in [5.74, 6) is 2.45. The predicted octanol–water partition coefficient (Wildman–Crippen LogP) is 7.32. The first kappa shape index (κ1) is 42.9. The van der Waals surface area contributed by atoms with Gasteiger partial charge in [-0.3, -0.25) is 0 Å². The second-order valence-corrected chi connectivity index (χ2v) is 10.9. The molecule has 0 unspecified atom stereocenters. The fraction of sp³-hybridized carbons (Fsp3) is 0.375. The molecule has 0 N–H and O–H groups in total. The number of para-hydroxylation sites is 2. The molecular weight excluding hydrogens is 595 g/mol. The zero-order chi connectivity index (χ0) is 31.7. The van der Waals surface area contributed by atoms with E-state index in [4.69, 9.17) is 43.5 Å². The Morgan fingerprint density at radius 3 is 1.29 bits per heavy atom. The van der Waals surface area contributed by atoms with Crippen LogP contribution in [0.4, 0.5) is 0 Å². The number of thiocarbonyl (C=S) groups is 1. The quantitative estimate of drug-likeness (QED) is 0.0683. The maximum absolute atomic E-state index is 7.50. The van der Waals surface area contributed by atoms with Crippen molar-refractivity contribution in [2.75, 3.05) is 0 Å². The topological polar surface area (TPSA) is 88.4 Å². The van der Waals surface area contributed by atoms with Crippen molar-refractivity contribution in [1.29, 1.82) is 0 Å². The van der Waals surface area contributed by atoms with Gasteiger partial charge in [0.25, 0.3) is 5.82 Å². The summed E-state index contributed by atoms with van der Waals surface area (Å²) in [5, 5.41) is 0. The maximum Gasteiger partial charge on any atom is 0 e. The van der Waals surface area contributed by atoms with E-state index in [-0.39, 0.29) is 17.1 Å². The number of rotatable bonds is 7.